The fraction of sp³-hybridized carbons (Fsp3) is 0.941. The van der Waals surface area contributed by atoms with Crippen molar-refractivity contribution in [2.24, 2.45) is 0 Å². The Morgan fingerprint density at radius 1 is 1.17 bits per heavy atom. The fourth-order valence-electron chi connectivity index (χ4n) is 3.49. The smallest absolute Gasteiger partial charge is 0.410 e. The van der Waals surface area contributed by atoms with Gasteiger partial charge < -0.3 is 24.4 Å². The summed E-state index contributed by atoms with van der Waals surface area (Å²) in [5.41, 5.74) is -0.475. The Hall–Kier alpha value is -0.850. The number of ether oxygens (including phenoxy) is 3. The third-order valence-corrected chi connectivity index (χ3v) is 4.37. The van der Waals surface area contributed by atoms with Gasteiger partial charge in [-0.15, -0.1) is 0 Å². The summed E-state index contributed by atoms with van der Waals surface area (Å²) in [6, 6.07) is 0.532. The van der Waals surface area contributed by atoms with E-state index in [-0.39, 0.29) is 30.4 Å². The summed E-state index contributed by atoms with van der Waals surface area (Å²) < 4.78 is 16.8. The lowest BCUT2D eigenvalue weighted by molar-refractivity contribution is -0.0458. The van der Waals surface area contributed by atoms with Crippen LogP contribution < -0.4 is 5.32 Å². The van der Waals surface area contributed by atoms with Crippen molar-refractivity contribution in [1.29, 1.82) is 0 Å². The second kappa shape index (κ2) is 7.36. The fourth-order valence-corrected chi connectivity index (χ4v) is 3.49. The predicted octanol–water partition coefficient (Wildman–Crippen LogP) is 2.17. The van der Waals surface area contributed by atoms with Crippen molar-refractivity contribution in [3.63, 3.8) is 0 Å². The van der Waals surface area contributed by atoms with Crippen LogP contribution in [0.15, 0.2) is 0 Å². The zero-order chi connectivity index (χ0) is 17.2. The molecule has 0 saturated carbocycles. The molecule has 1 N–H and O–H groups in total. The Balaban J connectivity index is 1.92. The minimum atomic E-state index is -0.475. The molecule has 3 unspecified atom stereocenters. The van der Waals surface area contributed by atoms with Gasteiger partial charge in [-0.1, -0.05) is 0 Å². The molecule has 0 aliphatic carbocycles. The third-order valence-electron chi connectivity index (χ3n) is 4.37. The Morgan fingerprint density at radius 3 is 2.30 bits per heavy atom. The van der Waals surface area contributed by atoms with Crippen molar-refractivity contribution in [2.75, 3.05) is 20.2 Å². The van der Waals surface area contributed by atoms with Crippen LogP contribution in [0.2, 0.25) is 0 Å². The molecule has 0 aromatic rings. The standard InChI is InChI=1S/C17H32N2O4/c1-11-7-13(8-12(2)22-11)18-14-9-19(10-15(14)21-6)16(20)23-17(3,4)5/h11-15,18H,7-10H2,1-6H3/t11?,12?,13?,14?,15-/m0/s1. The molecule has 6 nitrogen and oxygen atoms in total. The number of carbonyl (C=O) groups excluding carboxylic acids is 1. The molecule has 2 fully saturated rings. The number of hydrogen-bond acceptors (Lipinski definition) is 5. The molecule has 23 heavy (non-hydrogen) atoms. The van der Waals surface area contributed by atoms with Gasteiger partial charge in [-0.25, -0.2) is 4.79 Å². The van der Waals surface area contributed by atoms with Crippen LogP contribution in [-0.4, -0.2) is 67.2 Å². The van der Waals surface area contributed by atoms with E-state index < -0.39 is 5.60 Å². The summed E-state index contributed by atoms with van der Waals surface area (Å²) in [5, 5.41) is 3.67. The lowest BCUT2D eigenvalue weighted by atomic mass is 9.98. The van der Waals surface area contributed by atoms with E-state index >= 15 is 0 Å². The highest BCUT2D eigenvalue weighted by molar-refractivity contribution is 5.68. The topological polar surface area (TPSA) is 60.0 Å². The van der Waals surface area contributed by atoms with E-state index in [2.05, 4.69) is 19.2 Å². The van der Waals surface area contributed by atoms with Crippen LogP contribution in [-0.2, 0) is 14.2 Å². The number of carbonyl (C=O) groups is 1. The van der Waals surface area contributed by atoms with E-state index in [1.165, 1.54) is 0 Å². The van der Waals surface area contributed by atoms with E-state index in [1.807, 2.05) is 20.8 Å². The van der Waals surface area contributed by atoms with Gasteiger partial charge in [-0.3, -0.25) is 0 Å². The lowest BCUT2D eigenvalue weighted by Gasteiger charge is -2.35. The molecule has 1 amide bonds. The summed E-state index contributed by atoms with van der Waals surface area (Å²) in [6.07, 6.45) is 2.24. The molecule has 2 aliphatic heterocycles. The van der Waals surface area contributed by atoms with Gasteiger partial charge in [0, 0.05) is 19.7 Å². The van der Waals surface area contributed by atoms with Crippen molar-refractivity contribution < 1.29 is 19.0 Å². The number of rotatable bonds is 3. The van der Waals surface area contributed by atoms with Crippen LogP contribution in [0.1, 0.15) is 47.5 Å². The highest BCUT2D eigenvalue weighted by Gasteiger charge is 2.39. The number of likely N-dealkylation sites (tertiary alicyclic amines) is 1. The Morgan fingerprint density at radius 2 is 1.78 bits per heavy atom. The molecule has 0 aromatic heterocycles. The number of amides is 1. The first-order valence-corrected chi connectivity index (χ1v) is 8.60. The van der Waals surface area contributed by atoms with E-state index in [9.17, 15) is 4.79 Å². The zero-order valence-corrected chi connectivity index (χ0v) is 15.3. The Bertz CT molecular complexity index is 400. The van der Waals surface area contributed by atoms with Gasteiger partial charge in [0.15, 0.2) is 0 Å². The number of nitrogens with one attached hydrogen (secondary N) is 1. The molecule has 2 heterocycles. The van der Waals surface area contributed by atoms with Crippen LogP contribution >= 0.6 is 0 Å². The molecule has 2 saturated heterocycles. The maximum atomic E-state index is 12.3. The van der Waals surface area contributed by atoms with Gasteiger partial charge in [-0.05, 0) is 47.5 Å². The van der Waals surface area contributed by atoms with E-state index in [0.717, 1.165) is 12.8 Å². The second-order valence-electron chi connectivity index (χ2n) is 7.86. The largest absolute Gasteiger partial charge is 0.444 e. The van der Waals surface area contributed by atoms with Crippen molar-refractivity contribution in [2.45, 2.75) is 83.5 Å². The zero-order valence-electron chi connectivity index (χ0n) is 15.3. The Labute approximate surface area is 139 Å². The van der Waals surface area contributed by atoms with Crippen molar-refractivity contribution in [3.05, 3.63) is 0 Å². The molecule has 6 heteroatoms. The maximum absolute atomic E-state index is 12.3. The molecule has 2 rings (SSSR count). The van der Waals surface area contributed by atoms with Crippen LogP contribution in [0.5, 0.6) is 0 Å². The van der Waals surface area contributed by atoms with Gasteiger partial charge in [0.05, 0.1) is 30.9 Å². The van der Waals surface area contributed by atoms with E-state index in [1.54, 1.807) is 12.0 Å². The monoisotopic (exact) mass is 328 g/mol. The summed E-state index contributed by atoms with van der Waals surface area (Å²) in [7, 11) is 1.70. The number of nitrogens with zero attached hydrogens (tertiary/aromatic N) is 1. The maximum Gasteiger partial charge on any atom is 0.410 e. The first-order chi connectivity index (χ1) is 10.7. The van der Waals surface area contributed by atoms with E-state index in [0.29, 0.717) is 19.1 Å². The molecule has 0 bridgehead atoms. The normalized spacial score (nSPS) is 35.4. The number of methoxy groups -OCH3 is 1. The first kappa shape index (κ1) is 18.5. The van der Waals surface area contributed by atoms with Crippen molar-refractivity contribution >= 4 is 6.09 Å². The minimum absolute atomic E-state index is 0.00373. The number of hydrogen-bond donors (Lipinski definition) is 1. The molecular formula is C17H32N2O4. The summed E-state index contributed by atoms with van der Waals surface area (Å²) in [4.78, 5) is 14.0. The minimum Gasteiger partial charge on any atom is -0.444 e. The van der Waals surface area contributed by atoms with Crippen LogP contribution in [0.25, 0.3) is 0 Å². The average molecular weight is 328 g/mol. The highest BCUT2D eigenvalue weighted by atomic mass is 16.6. The summed E-state index contributed by atoms with van der Waals surface area (Å²) >= 11 is 0. The van der Waals surface area contributed by atoms with Gasteiger partial charge >= 0.3 is 6.09 Å². The van der Waals surface area contributed by atoms with Crippen LogP contribution in [0.3, 0.4) is 0 Å². The summed E-state index contributed by atoms with van der Waals surface area (Å²) in [6.45, 7) is 11.1. The second-order valence-corrected chi connectivity index (χ2v) is 7.86. The van der Waals surface area contributed by atoms with Gasteiger partial charge in [-0.2, -0.15) is 0 Å². The molecular weight excluding hydrogens is 296 g/mol. The lowest BCUT2D eigenvalue weighted by Crippen LogP contribution is -2.50. The van der Waals surface area contributed by atoms with Gasteiger partial charge in [0.1, 0.15) is 5.60 Å². The van der Waals surface area contributed by atoms with Gasteiger partial charge in [0.25, 0.3) is 0 Å². The molecule has 134 valence electrons. The van der Waals surface area contributed by atoms with Crippen LogP contribution in [0.4, 0.5) is 4.79 Å². The first-order valence-electron chi connectivity index (χ1n) is 8.60. The molecule has 4 atom stereocenters. The van der Waals surface area contributed by atoms with Crippen LogP contribution in [0, 0.1) is 0 Å². The highest BCUT2D eigenvalue weighted by Crippen LogP contribution is 2.23. The summed E-state index contributed by atoms with van der Waals surface area (Å²) in [5.74, 6) is 0. The quantitative estimate of drug-likeness (QED) is 0.860. The molecule has 0 spiro atoms. The third kappa shape index (κ3) is 5.33. The predicted molar refractivity (Wildman–Crippen MR) is 88.6 cm³/mol. The van der Waals surface area contributed by atoms with Crippen molar-refractivity contribution in [1.82, 2.24) is 10.2 Å². The van der Waals surface area contributed by atoms with E-state index in [4.69, 9.17) is 14.2 Å². The van der Waals surface area contributed by atoms with Crippen molar-refractivity contribution in [3.8, 4) is 0 Å². The van der Waals surface area contributed by atoms with Gasteiger partial charge in [0.2, 0.25) is 0 Å². The molecule has 2 aliphatic rings. The molecule has 0 radical (unpaired) electrons. The average Bonchev–Trinajstić information content (AvgIpc) is 2.78. The molecule has 0 aromatic carbocycles. The Kier molecular flexibility index (Phi) is 5.92. The SMILES string of the molecule is CO[C@H]1CN(C(=O)OC(C)(C)C)CC1NC1CC(C)OC(C)C1.